The Morgan fingerprint density at radius 1 is 1.06 bits per heavy atom. The second-order valence-corrected chi connectivity index (χ2v) is 11.3. The zero-order valence-electron chi connectivity index (χ0n) is 12.0. The van der Waals surface area contributed by atoms with Gasteiger partial charge in [0.15, 0.2) is 14.6 Å². The third-order valence-corrected chi connectivity index (χ3v) is 8.51. The summed E-state index contributed by atoms with van der Waals surface area (Å²) in [6.45, 7) is 12.2. The van der Waals surface area contributed by atoms with Crippen molar-refractivity contribution >= 4 is 8.32 Å². The monoisotopic (exact) mass is 278 g/mol. The maximum absolute atomic E-state index is 10.0. The van der Waals surface area contributed by atoms with Gasteiger partial charge in [-0.3, -0.25) is 0 Å². The third-order valence-electron chi connectivity index (χ3n) is 4.03. The van der Waals surface area contributed by atoms with E-state index in [1.165, 1.54) is 0 Å². The average molecular weight is 278 g/mol. The molecule has 1 fully saturated rings. The molecule has 5 nitrogen and oxygen atoms in total. The molecule has 5 atom stereocenters. The van der Waals surface area contributed by atoms with Crippen LogP contribution in [0.2, 0.25) is 18.1 Å². The van der Waals surface area contributed by atoms with Crippen LogP contribution >= 0.6 is 0 Å². The summed E-state index contributed by atoms with van der Waals surface area (Å²) in [5.74, 6) is 0. The topological polar surface area (TPSA) is 79.2 Å². The van der Waals surface area contributed by atoms with Crippen LogP contribution < -0.4 is 0 Å². The van der Waals surface area contributed by atoms with E-state index in [9.17, 15) is 15.3 Å². The average Bonchev–Trinajstić information content (AvgIpc) is 2.20. The second-order valence-electron chi connectivity index (χ2n) is 6.56. The first-order chi connectivity index (χ1) is 7.97. The first-order valence-corrected chi connectivity index (χ1v) is 9.25. The first kappa shape index (κ1) is 16.1. The van der Waals surface area contributed by atoms with E-state index in [1.807, 2.05) is 0 Å². The molecular weight excluding hydrogens is 252 g/mol. The SMILES string of the molecule is C[C@@H]1O[C@@H](O)[C@H](O)[C@H](O)[C@H]1O[Si](C)(C)C(C)(C)C. The number of hydrogen-bond acceptors (Lipinski definition) is 5. The Hall–Kier alpha value is 0.0169. The van der Waals surface area contributed by atoms with Gasteiger partial charge in [-0.15, -0.1) is 0 Å². The number of ether oxygens (including phenoxy) is 1. The van der Waals surface area contributed by atoms with Gasteiger partial charge in [-0.1, -0.05) is 20.8 Å². The predicted molar refractivity (Wildman–Crippen MR) is 70.6 cm³/mol. The van der Waals surface area contributed by atoms with E-state index >= 15 is 0 Å². The molecule has 0 aromatic carbocycles. The van der Waals surface area contributed by atoms with Gasteiger partial charge in [-0.2, -0.15) is 0 Å². The standard InChI is InChI=1S/C12H26O5Si/c1-7-10(8(13)9(14)11(15)16-7)17-18(5,6)12(2,3)4/h7-11,13-15H,1-6H3/t7-,8-,9+,10-,11+/m0/s1. The van der Waals surface area contributed by atoms with Crippen LogP contribution in [-0.2, 0) is 9.16 Å². The van der Waals surface area contributed by atoms with Crippen molar-refractivity contribution in [1.82, 2.24) is 0 Å². The predicted octanol–water partition coefficient (Wildman–Crippen LogP) is 0.836. The molecule has 18 heavy (non-hydrogen) atoms. The van der Waals surface area contributed by atoms with Gasteiger partial charge >= 0.3 is 0 Å². The molecule has 0 bridgehead atoms. The molecule has 0 spiro atoms. The lowest BCUT2D eigenvalue weighted by Gasteiger charge is -2.46. The maximum atomic E-state index is 10.0. The summed E-state index contributed by atoms with van der Waals surface area (Å²) in [6.07, 6.45) is -4.86. The molecule has 0 unspecified atom stereocenters. The van der Waals surface area contributed by atoms with E-state index in [4.69, 9.17) is 9.16 Å². The molecule has 1 aliphatic rings. The van der Waals surface area contributed by atoms with Crippen LogP contribution in [-0.4, -0.2) is 54.3 Å². The van der Waals surface area contributed by atoms with Crippen molar-refractivity contribution in [2.24, 2.45) is 0 Å². The second kappa shape index (κ2) is 5.18. The summed E-state index contributed by atoms with van der Waals surface area (Å²) in [6, 6.07) is 0. The van der Waals surface area contributed by atoms with Crippen molar-refractivity contribution in [2.75, 3.05) is 0 Å². The van der Waals surface area contributed by atoms with Crippen LogP contribution in [0, 0.1) is 0 Å². The Kier molecular flexibility index (Phi) is 4.63. The van der Waals surface area contributed by atoms with Gasteiger partial charge in [0.2, 0.25) is 0 Å². The largest absolute Gasteiger partial charge is 0.409 e. The van der Waals surface area contributed by atoms with Crippen molar-refractivity contribution in [2.45, 2.75) is 76.5 Å². The van der Waals surface area contributed by atoms with E-state index in [1.54, 1.807) is 6.92 Å². The Labute approximate surface area is 110 Å². The minimum Gasteiger partial charge on any atom is -0.409 e. The van der Waals surface area contributed by atoms with Crippen molar-refractivity contribution < 1.29 is 24.5 Å². The molecule has 1 heterocycles. The Bertz CT molecular complexity index is 289. The molecule has 0 aromatic heterocycles. The van der Waals surface area contributed by atoms with Crippen LogP contribution in [0.4, 0.5) is 0 Å². The quantitative estimate of drug-likeness (QED) is 0.652. The van der Waals surface area contributed by atoms with Gasteiger partial charge in [-0.05, 0) is 25.1 Å². The van der Waals surface area contributed by atoms with E-state index in [0.717, 1.165) is 0 Å². The molecule has 6 heteroatoms. The van der Waals surface area contributed by atoms with Crippen molar-refractivity contribution in [3.05, 3.63) is 0 Å². The molecule has 3 N–H and O–H groups in total. The summed E-state index contributed by atoms with van der Waals surface area (Å²) in [7, 11) is -2.06. The zero-order chi connectivity index (χ0) is 14.3. The summed E-state index contributed by atoms with van der Waals surface area (Å²) in [5, 5.41) is 29.1. The highest BCUT2D eigenvalue weighted by Crippen LogP contribution is 2.39. The molecule has 1 aliphatic heterocycles. The van der Waals surface area contributed by atoms with E-state index in [0.29, 0.717) is 0 Å². The normalized spacial score (nSPS) is 38.8. The van der Waals surface area contributed by atoms with Crippen molar-refractivity contribution in [1.29, 1.82) is 0 Å². The molecule has 108 valence electrons. The lowest BCUT2D eigenvalue weighted by Crippen LogP contribution is -2.61. The first-order valence-electron chi connectivity index (χ1n) is 6.35. The van der Waals surface area contributed by atoms with Gasteiger partial charge in [0.1, 0.15) is 12.2 Å². The summed E-state index contributed by atoms with van der Waals surface area (Å²) in [5.41, 5.74) is 0. The van der Waals surface area contributed by atoms with Gasteiger partial charge < -0.3 is 24.5 Å². The zero-order valence-corrected chi connectivity index (χ0v) is 13.0. The Morgan fingerprint density at radius 3 is 2.00 bits per heavy atom. The van der Waals surface area contributed by atoms with Crippen LogP contribution in [0.5, 0.6) is 0 Å². The Morgan fingerprint density at radius 2 is 1.56 bits per heavy atom. The van der Waals surface area contributed by atoms with Crippen LogP contribution in [0.15, 0.2) is 0 Å². The number of aliphatic hydroxyl groups excluding tert-OH is 3. The summed E-state index contributed by atoms with van der Waals surface area (Å²) >= 11 is 0. The van der Waals surface area contributed by atoms with E-state index in [-0.39, 0.29) is 5.04 Å². The lowest BCUT2D eigenvalue weighted by molar-refractivity contribution is -0.274. The van der Waals surface area contributed by atoms with Crippen molar-refractivity contribution in [3.63, 3.8) is 0 Å². The number of rotatable bonds is 2. The lowest BCUT2D eigenvalue weighted by atomic mass is 10.0. The highest BCUT2D eigenvalue weighted by atomic mass is 28.4. The minimum atomic E-state index is -2.06. The van der Waals surface area contributed by atoms with E-state index in [2.05, 4.69) is 33.9 Å². The molecule has 1 saturated heterocycles. The van der Waals surface area contributed by atoms with Gasteiger partial charge in [-0.25, -0.2) is 0 Å². The molecule has 0 radical (unpaired) electrons. The molecule has 0 amide bonds. The molecule has 0 aromatic rings. The smallest absolute Gasteiger partial charge is 0.192 e. The van der Waals surface area contributed by atoms with Crippen LogP contribution in [0.1, 0.15) is 27.7 Å². The van der Waals surface area contributed by atoms with E-state index < -0.39 is 39.0 Å². The molecule has 0 aliphatic carbocycles. The third kappa shape index (κ3) is 3.12. The van der Waals surface area contributed by atoms with Crippen LogP contribution in [0.3, 0.4) is 0 Å². The highest BCUT2D eigenvalue weighted by Gasteiger charge is 2.47. The minimum absolute atomic E-state index is 0.00740. The molecule has 1 rings (SSSR count). The van der Waals surface area contributed by atoms with Crippen LogP contribution in [0.25, 0.3) is 0 Å². The maximum Gasteiger partial charge on any atom is 0.192 e. The number of hydrogen-bond donors (Lipinski definition) is 3. The van der Waals surface area contributed by atoms with Gasteiger partial charge in [0, 0.05) is 0 Å². The molecule has 0 saturated carbocycles. The van der Waals surface area contributed by atoms with Gasteiger partial charge in [0.25, 0.3) is 0 Å². The highest BCUT2D eigenvalue weighted by molar-refractivity contribution is 6.74. The summed E-state index contributed by atoms with van der Waals surface area (Å²) < 4.78 is 11.3. The fourth-order valence-corrected chi connectivity index (χ4v) is 3.07. The fraction of sp³-hybridized carbons (Fsp3) is 1.00. The Balaban J connectivity index is 2.83. The van der Waals surface area contributed by atoms with Gasteiger partial charge in [0.05, 0.1) is 12.2 Å². The van der Waals surface area contributed by atoms with Crippen molar-refractivity contribution in [3.8, 4) is 0 Å². The number of aliphatic hydroxyl groups is 3. The fourth-order valence-electron chi connectivity index (χ4n) is 1.70. The molecular formula is C12H26O5Si. The summed E-state index contributed by atoms with van der Waals surface area (Å²) in [4.78, 5) is 0.